The number of hydrogen-bond donors (Lipinski definition) is 4. The molecule has 0 saturated carbocycles. The molecule has 0 unspecified atom stereocenters. The van der Waals surface area contributed by atoms with Crippen molar-refractivity contribution in [3.63, 3.8) is 0 Å². The van der Waals surface area contributed by atoms with Gasteiger partial charge in [-0.25, -0.2) is 19.3 Å². The van der Waals surface area contributed by atoms with Gasteiger partial charge < -0.3 is 40.5 Å². The van der Waals surface area contributed by atoms with E-state index in [0.29, 0.717) is 43.6 Å². The summed E-state index contributed by atoms with van der Waals surface area (Å²) in [6.45, 7) is 23.9. The van der Waals surface area contributed by atoms with E-state index in [1.165, 1.54) is 18.2 Å². The fourth-order valence-electron chi connectivity index (χ4n) is 10.9. The highest BCUT2D eigenvalue weighted by molar-refractivity contribution is 6.09. The minimum Gasteiger partial charge on any atom is -0.508 e. The zero-order chi connectivity index (χ0) is 55.5. The Morgan fingerprint density at radius 3 is 1.22 bits per heavy atom. The molecule has 408 valence electrons. The number of ether oxygens (including phenoxy) is 1. The van der Waals surface area contributed by atoms with Crippen LogP contribution in [0.3, 0.4) is 0 Å². The first-order valence-electron chi connectivity index (χ1n) is 27.3. The minimum absolute atomic E-state index is 0.00726. The summed E-state index contributed by atoms with van der Waals surface area (Å²) in [7, 11) is 1.61. The molecule has 6 aromatic heterocycles. The summed E-state index contributed by atoms with van der Waals surface area (Å²) in [6, 6.07) is 26.4. The Labute approximate surface area is 455 Å². The molecule has 4 N–H and O–H groups in total. The molecule has 0 saturated heterocycles. The maximum absolute atomic E-state index is 13.7. The van der Waals surface area contributed by atoms with Gasteiger partial charge >= 0.3 is 0 Å². The smallest absolute Gasteiger partial charge is 0.199 e. The van der Waals surface area contributed by atoms with E-state index in [-0.39, 0.29) is 22.0 Å². The van der Waals surface area contributed by atoms with Crippen LogP contribution in [0, 0.1) is 5.82 Å². The molecule has 6 heterocycles. The van der Waals surface area contributed by atoms with Gasteiger partial charge in [0.05, 0.1) is 83.7 Å². The third kappa shape index (κ3) is 10.2. The van der Waals surface area contributed by atoms with E-state index in [0.717, 1.165) is 140 Å². The average molecular weight is 1070 g/mol. The third-order valence-corrected chi connectivity index (χ3v) is 15.4. The maximum Gasteiger partial charge on any atom is 0.199 e. The molecule has 0 aliphatic carbocycles. The fraction of sp³-hybridized carbons (Fsp3) is 0.311. The molecule has 0 atom stereocenters. The van der Waals surface area contributed by atoms with Gasteiger partial charge in [-0.05, 0) is 130 Å². The highest BCUT2D eigenvalue weighted by atomic mass is 19.1. The van der Waals surface area contributed by atoms with Gasteiger partial charge in [0, 0.05) is 61.7 Å². The average Bonchev–Trinajstić information content (AvgIpc) is 4.46. The number of aromatic hydroxyl groups is 1. The number of phenolic OH excluding ortho intramolecular Hbond substituents is 1. The zero-order valence-electron chi connectivity index (χ0n) is 45.9. The number of benzene rings is 6. The van der Waals surface area contributed by atoms with Gasteiger partial charge in [-0.2, -0.15) is 0 Å². The summed E-state index contributed by atoms with van der Waals surface area (Å²) in [6.07, 6.45) is 5.21. The molecule has 0 bridgehead atoms. The lowest BCUT2D eigenvalue weighted by molar-refractivity contribution is 0.316. The Balaban J connectivity index is 0.000000134. The minimum atomic E-state index is -0.413. The van der Waals surface area contributed by atoms with Crippen molar-refractivity contribution >= 4 is 99.0 Å². The van der Waals surface area contributed by atoms with E-state index >= 15 is 0 Å². The standard InChI is InChI=1S/C21H24N4O2.C20H21FN4O.C20H22N4O2/c1-4-24(5-2)11-10-22-16-7-8-17-20-19(16)21(26)15-12-14(27-3)6-9-18(15)25(20)13-23-17;1-3-24(4-2)10-9-22-15-6-7-16-19-18(15)20(26)14-11-13(21)5-8-17(14)25(19)12-23-16;1-3-23(4-2)10-9-21-15-6-7-16-19-18(15)20(26)14-11-13(25)5-8-17(14)24(19)12-22-16/h6-9,12-13,22H,4-5,10-11H2,1-3H3;5-8,11-12,22H,3-4,9-10H2,1-2H3;5-8,11-12,21,25H,3-4,9-10H2,1-2H3. The number of halogens is 1. The van der Waals surface area contributed by atoms with E-state index in [9.17, 15) is 23.9 Å². The van der Waals surface area contributed by atoms with E-state index in [4.69, 9.17) is 4.74 Å². The predicted molar refractivity (Wildman–Crippen MR) is 320 cm³/mol. The van der Waals surface area contributed by atoms with Crippen LogP contribution < -0.4 is 37.0 Å². The van der Waals surface area contributed by atoms with E-state index in [1.54, 1.807) is 50.4 Å². The number of methoxy groups -OCH3 is 1. The molecule has 0 radical (unpaired) electrons. The van der Waals surface area contributed by atoms with Crippen molar-refractivity contribution in [1.29, 1.82) is 0 Å². The first kappa shape index (κ1) is 53.9. The number of nitrogens with one attached hydrogen (secondary N) is 3. The molecule has 0 fully saturated rings. The third-order valence-electron chi connectivity index (χ3n) is 15.4. The molecule has 0 aliphatic heterocycles. The van der Waals surface area contributed by atoms with Crippen LogP contribution in [0.2, 0.25) is 0 Å². The van der Waals surface area contributed by atoms with Gasteiger partial charge in [0.2, 0.25) is 0 Å². The van der Waals surface area contributed by atoms with Crippen molar-refractivity contribution in [1.82, 2.24) is 42.9 Å². The number of imidazole rings is 3. The predicted octanol–water partition coefficient (Wildman–Crippen LogP) is 9.43. The first-order chi connectivity index (χ1) is 38.4. The second-order valence-electron chi connectivity index (χ2n) is 19.5. The van der Waals surface area contributed by atoms with Crippen molar-refractivity contribution < 1.29 is 14.2 Å². The Morgan fingerprint density at radius 2 is 0.835 bits per heavy atom. The van der Waals surface area contributed by atoms with Crippen LogP contribution in [-0.2, 0) is 0 Å². The molecule has 0 amide bonds. The molecular formula is C61H67FN12O5. The number of phenols is 1. The van der Waals surface area contributed by atoms with Gasteiger partial charge in [-0.15, -0.1) is 0 Å². The Morgan fingerprint density at radius 1 is 0.481 bits per heavy atom. The largest absolute Gasteiger partial charge is 0.508 e. The summed E-state index contributed by atoms with van der Waals surface area (Å²) >= 11 is 0. The van der Waals surface area contributed by atoms with Crippen LogP contribution in [0.5, 0.6) is 11.5 Å². The summed E-state index contributed by atoms with van der Waals surface area (Å²) in [4.78, 5) is 59.9. The lowest BCUT2D eigenvalue weighted by atomic mass is 10.1. The fourth-order valence-corrected chi connectivity index (χ4v) is 10.9. The summed E-state index contributed by atoms with van der Waals surface area (Å²) in [5, 5.41) is 23.5. The monoisotopic (exact) mass is 1070 g/mol. The summed E-state index contributed by atoms with van der Waals surface area (Å²) < 4.78 is 24.8. The Hall–Kier alpha value is -8.45. The van der Waals surface area contributed by atoms with Crippen molar-refractivity contribution in [2.45, 2.75) is 41.5 Å². The number of fused-ring (bicyclic) bond motifs is 6. The Bertz CT molecular complexity index is 4100. The van der Waals surface area contributed by atoms with Gasteiger partial charge in [0.25, 0.3) is 0 Å². The maximum atomic E-state index is 13.7. The zero-order valence-corrected chi connectivity index (χ0v) is 45.9. The van der Waals surface area contributed by atoms with Crippen molar-refractivity contribution in [3.8, 4) is 11.5 Å². The van der Waals surface area contributed by atoms with Crippen LogP contribution in [0.15, 0.2) is 124 Å². The number of anilines is 3. The highest BCUT2D eigenvalue weighted by Gasteiger charge is 2.20. The summed E-state index contributed by atoms with van der Waals surface area (Å²) in [5.41, 5.74) is 9.31. The topological polar surface area (TPSA) is 178 Å². The second kappa shape index (κ2) is 23.3. The summed E-state index contributed by atoms with van der Waals surface area (Å²) in [5.74, 6) is 0.349. The number of aromatic nitrogens is 6. The van der Waals surface area contributed by atoms with Crippen LogP contribution in [-0.4, -0.2) is 134 Å². The molecule has 6 aromatic carbocycles. The number of hydrogen-bond acceptors (Lipinski definition) is 14. The first-order valence-corrected chi connectivity index (χ1v) is 27.3. The molecule has 0 aliphatic rings. The van der Waals surface area contributed by atoms with Crippen molar-refractivity contribution in [3.05, 3.63) is 146 Å². The van der Waals surface area contributed by atoms with Gasteiger partial charge in [-0.3, -0.25) is 27.6 Å². The number of nitrogens with zero attached hydrogens (tertiary/aromatic N) is 9. The number of rotatable bonds is 19. The van der Waals surface area contributed by atoms with Crippen LogP contribution >= 0.6 is 0 Å². The molecule has 0 spiro atoms. The molecule has 12 aromatic rings. The van der Waals surface area contributed by atoms with Crippen LogP contribution in [0.25, 0.3) is 82.0 Å². The normalized spacial score (nSPS) is 11.9. The molecular weight excluding hydrogens is 1000 g/mol. The van der Waals surface area contributed by atoms with Gasteiger partial charge in [-0.1, -0.05) is 41.5 Å². The van der Waals surface area contributed by atoms with Crippen LogP contribution in [0.1, 0.15) is 41.5 Å². The quantitative estimate of drug-likeness (QED) is 0.0563. The van der Waals surface area contributed by atoms with E-state index < -0.39 is 5.82 Å². The molecule has 12 rings (SSSR count). The second-order valence-corrected chi connectivity index (χ2v) is 19.5. The SMILES string of the molecule is CCN(CC)CCNc1ccc2ncn3c4ccc(F)cc4c(=O)c1c23.CCN(CC)CCNc1ccc2ncn3c4ccc(O)cc4c(=O)c1c23.CCN(CC)CCNc1ccc2ncn3c4ccc(OC)cc4c(=O)c1c23. The van der Waals surface area contributed by atoms with E-state index in [2.05, 4.69) is 87.1 Å². The van der Waals surface area contributed by atoms with Crippen molar-refractivity contribution in [2.75, 3.05) is 102 Å². The van der Waals surface area contributed by atoms with Crippen molar-refractivity contribution in [2.24, 2.45) is 0 Å². The van der Waals surface area contributed by atoms with Gasteiger partial charge in [0.15, 0.2) is 16.3 Å². The molecule has 79 heavy (non-hydrogen) atoms. The molecule has 18 heteroatoms. The lowest BCUT2D eigenvalue weighted by Crippen LogP contribution is -2.28. The number of pyridine rings is 3. The van der Waals surface area contributed by atoms with E-state index in [1.807, 2.05) is 61.7 Å². The van der Waals surface area contributed by atoms with Gasteiger partial charge in [0.1, 0.15) is 36.3 Å². The van der Waals surface area contributed by atoms with Crippen LogP contribution in [0.4, 0.5) is 21.5 Å². The molecule has 17 nitrogen and oxygen atoms in total. The Kier molecular flexibility index (Phi) is 15.9. The number of likely N-dealkylation sites (N-methyl/N-ethyl adjacent to an activating group) is 3. The highest BCUT2D eigenvalue weighted by Crippen LogP contribution is 2.32. The lowest BCUT2D eigenvalue weighted by Gasteiger charge is -2.19.